The van der Waals surface area contributed by atoms with Crippen molar-refractivity contribution in [3.05, 3.63) is 55.8 Å². The van der Waals surface area contributed by atoms with Crippen LogP contribution in [0.4, 0.5) is 0 Å². The van der Waals surface area contributed by atoms with Crippen LogP contribution in [0.25, 0.3) is 0 Å². The average Bonchev–Trinajstić information content (AvgIpc) is 2.51. The zero-order valence-electron chi connectivity index (χ0n) is 11.2. The molecule has 19 heavy (non-hydrogen) atoms. The average molecular weight is 298 g/mol. The van der Waals surface area contributed by atoms with Gasteiger partial charge in [-0.1, -0.05) is 57.0 Å². The number of hydrogen-bond acceptors (Lipinski definition) is 0. The first-order valence-electron chi connectivity index (χ1n) is 5.50. The van der Waals surface area contributed by atoms with Crippen LogP contribution in [0, 0.1) is 20.0 Å². The zero-order valence-corrected chi connectivity index (χ0v) is 12.5. The summed E-state index contributed by atoms with van der Waals surface area (Å²) >= 11 is 0. The molecule has 102 valence electrons. The summed E-state index contributed by atoms with van der Waals surface area (Å²) in [6, 6.07) is 10.8. The van der Waals surface area contributed by atoms with Crippen molar-refractivity contribution in [2.75, 3.05) is 0 Å². The van der Waals surface area contributed by atoms with E-state index in [4.69, 9.17) is 14.0 Å². The summed E-state index contributed by atoms with van der Waals surface area (Å²) < 4.78 is 22.5. The molecule has 0 spiro atoms. The largest absolute Gasteiger partial charge is 0 e. The quantitative estimate of drug-likeness (QED) is 0.598. The Kier molecular flexibility index (Phi) is 35.9. The van der Waals surface area contributed by atoms with Crippen LogP contribution in [0.3, 0.4) is 0 Å². The van der Waals surface area contributed by atoms with Crippen molar-refractivity contribution in [2.45, 2.75) is 39.0 Å². The smallest absolute Gasteiger partial charge is 0 e. The Morgan fingerprint density at radius 2 is 1.37 bits per heavy atom. The van der Waals surface area contributed by atoms with Crippen LogP contribution in [0.1, 0.15) is 44.6 Å². The second-order valence-corrected chi connectivity index (χ2v) is 3.45. The van der Waals surface area contributed by atoms with Crippen LogP contribution in [-0.2, 0) is 31.3 Å². The van der Waals surface area contributed by atoms with Crippen molar-refractivity contribution in [3.8, 4) is 0 Å². The summed E-state index contributed by atoms with van der Waals surface area (Å²) in [5.74, 6) is 0.728. The molecule has 0 aliphatic heterocycles. The van der Waals surface area contributed by atoms with Crippen LogP contribution in [-0.4, -0.2) is 0 Å². The fraction of sp³-hybridized carbons (Fsp3) is 0.400. The molecule has 0 aliphatic rings. The van der Waals surface area contributed by atoms with E-state index in [1.807, 2.05) is 0 Å². The molecule has 0 aliphatic carbocycles. The Morgan fingerprint density at radius 3 is 1.74 bits per heavy atom. The van der Waals surface area contributed by atoms with E-state index in [9.17, 15) is 0 Å². The van der Waals surface area contributed by atoms with Crippen LogP contribution >= 0.6 is 0 Å². The van der Waals surface area contributed by atoms with Crippen molar-refractivity contribution >= 4 is 0 Å². The van der Waals surface area contributed by atoms with Gasteiger partial charge in [-0.05, 0) is 17.9 Å². The van der Waals surface area contributed by atoms with E-state index < -0.39 is 0 Å². The number of benzene rings is 1. The molecule has 0 unspecified atom stereocenters. The fourth-order valence-electron chi connectivity index (χ4n) is 1.46. The molecule has 0 heterocycles. The maximum Gasteiger partial charge on any atom is 0 e. The molecule has 1 atom stereocenters. The first kappa shape index (κ1) is 26.5. The molecule has 1 aromatic rings. The predicted molar refractivity (Wildman–Crippen MR) is 66.2 cm³/mol. The molecular formula is C15H18CrO3. The first-order chi connectivity index (χ1) is 8.84. The molecule has 1 aromatic carbocycles. The predicted octanol–water partition coefficient (Wildman–Crippen LogP) is 3.87. The molecule has 1 rings (SSSR count). The summed E-state index contributed by atoms with van der Waals surface area (Å²) in [6.45, 7) is 18.1. The Morgan fingerprint density at radius 1 is 0.947 bits per heavy atom. The van der Waals surface area contributed by atoms with E-state index in [0.717, 1.165) is 5.92 Å². The van der Waals surface area contributed by atoms with E-state index in [0.29, 0.717) is 0 Å². The standard InChI is InChI=1S/C12H18.3CO.Cr/c1-3-4-8-11(2)12-9-6-5-7-10-12;3*1-2;/h5-7,9-11H,3-4,8H2,1-2H3;;;;/t11-;;;;/m0..../s1. The van der Waals surface area contributed by atoms with Crippen molar-refractivity contribution in [3.63, 3.8) is 0 Å². The minimum Gasteiger partial charge on any atom is 0 e. The Hall–Kier alpha value is -1.03. The molecule has 0 radical (unpaired) electrons. The first-order valence-corrected chi connectivity index (χ1v) is 5.50. The van der Waals surface area contributed by atoms with Gasteiger partial charge in [-0.15, -0.1) is 0 Å². The molecule has 4 heteroatoms. The van der Waals surface area contributed by atoms with Crippen molar-refractivity contribution in [1.82, 2.24) is 0 Å². The maximum absolute atomic E-state index is 7.50. The molecular weight excluding hydrogens is 280 g/mol. The minimum absolute atomic E-state index is 0. The normalized spacial score (nSPS) is 8.42. The third-order valence-electron chi connectivity index (χ3n) is 2.36. The van der Waals surface area contributed by atoms with Gasteiger partial charge in [0.2, 0.25) is 0 Å². The fourth-order valence-corrected chi connectivity index (χ4v) is 1.46. The van der Waals surface area contributed by atoms with E-state index >= 15 is 0 Å². The van der Waals surface area contributed by atoms with Gasteiger partial charge in [-0.2, -0.15) is 0 Å². The topological polar surface area (TPSA) is 59.7 Å². The van der Waals surface area contributed by atoms with Gasteiger partial charge in [0.25, 0.3) is 0 Å². The van der Waals surface area contributed by atoms with Gasteiger partial charge in [-0.25, -0.2) is 0 Å². The maximum atomic E-state index is 7.50. The van der Waals surface area contributed by atoms with Gasteiger partial charge >= 0.3 is 33.9 Å². The van der Waals surface area contributed by atoms with Gasteiger partial charge in [0, 0.05) is 17.4 Å². The van der Waals surface area contributed by atoms with Crippen molar-refractivity contribution in [2.24, 2.45) is 0 Å². The monoisotopic (exact) mass is 298 g/mol. The van der Waals surface area contributed by atoms with Gasteiger partial charge in [0.05, 0.1) is 0 Å². The molecule has 0 saturated heterocycles. The van der Waals surface area contributed by atoms with Crippen LogP contribution in [0.2, 0.25) is 0 Å². The van der Waals surface area contributed by atoms with Crippen LogP contribution in [0.15, 0.2) is 30.3 Å². The second kappa shape index (κ2) is 25.7. The molecule has 0 saturated carbocycles. The number of rotatable bonds is 4. The third kappa shape index (κ3) is 17.0. The molecule has 0 bridgehead atoms. The molecule has 0 fully saturated rings. The van der Waals surface area contributed by atoms with Gasteiger partial charge < -0.3 is 0 Å². The summed E-state index contributed by atoms with van der Waals surface area (Å²) in [4.78, 5) is 0. The zero-order chi connectivity index (χ0) is 14.8. The van der Waals surface area contributed by atoms with Crippen molar-refractivity contribution in [1.29, 1.82) is 0 Å². The third-order valence-corrected chi connectivity index (χ3v) is 2.36. The molecule has 0 amide bonds. The summed E-state index contributed by atoms with van der Waals surface area (Å²) in [5, 5.41) is 0. The van der Waals surface area contributed by atoms with E-state index in [2.05, 4.69) is 64.1 Å². The van der Waals surface area contributed by atoms with Crippen LogP contribution in [0.5, 0.6) is 0 Å². The Bertz CT molecular complexity index is 303. The number of hydrogen-bond donors (Lipinski definition) is 0. The second-order valence-electron chi connectivity index (χ2n) is 3.45. The molecule has 0 N–H and O–H groups in total. The molecule has 3 nitrogen and oxygen atoms in total. The summed E-state index contributed by atoms with van der Waals surface area (Å²) in [6.07, 6.45) is 3.97. The van der Waals surface area contributed by atoms with Gasteiger partial charge in [0.15, 0.2) is 0 Å². The minimum atomic E-state index is 0. The Balaban J connectivity index is -0.000000142. The Labute approximate surface area is 126 Å². The van der Waals surface area contributed by atoms with E-state index in [1.165, 1.54) is 24.8 Å². The van der Waals surface area contributed by atoms with Gasteiger partial charge in [0.1, 0.15) is 0 Å². The van der Waals surface area contributed by atoms with Gasteiger partial charge in [-0.3, -0.25) is 0 Å². The molecule has 0 aromatic heterocycles. The van der Waals surface area contributed by atoms with E-state index in [1.54, 1.807) is 0 Å². The van der Waals surface area contributed by atoms with Crippen LogP contribution < -0.4 is 0 Å². The van der Waals surface area contributed by atoms with Crippen molar-refractivity contribution < 1.29 is 31.3 Å². The summed E-state index contributed by atoms with van der Waals surface area (Å²) in [7, 11) is 0. The van der Waals surface area contributed by atoms with E-state index in [-0.39, 0.29) is 17.4 Å². The SMILES string of the molecule is CCCC[C@H](C)c1ccccc1.[C-]#[O+].[C-]#[O+].[C-]#[O+].[Cr]. The number of unbranched alkanes of at least 4 members (excludes halogenated alkanes) is 1. The summed E-state index contributed by atoms with van der Waals surface area (Å²) in [5.41, 5.74) is 1.48.